The summed E-state index contributed by atoms with van der Waals surface area (Å²) in [5, 5.41) is 3.68. The Labute approximate surface area is 158 Å². The van der Waals surface area contributed by atoms with Crippen LogP contribution in [0.1, 0.15) is 5.56 Å². The summed E-state index contributed by atoms with van der Waals surface area (Å²) in [6.07, 6.45) is 1.29. The Kier molecular flexibility index (Phi) is 5.39. The summed E-state index contributed by atoms with van der Waals surface area (Å²) in [6, 6.07) is 7.61. The van der Waals surface area contributed by atoms with Gasteiger partial charge in [0.15, 0.2) is 0 Å². The van der Waals surface area contributed by atoms with Crippen molar-refractivity contribution in [2.75, 3.05) is 12.4 Å². The van der Waals surface area contributed by atoms with Gasteiger partial charge in [-0.1, -0.05) is 11.6 Å². The predicted molar refractivity (Wildman–Crippen MR) is 96.4 cm³/mol. The monoisotopic (exact) mass is 395 g/mol. The van der Waals surface area contributed by atoms with Crippen LogP contribution in [-0.2, 0) is 15.5 Å². The number of hydrogen-bond acceptors (Lipinski definition) is 6. The van der Waals surface area contributed by atoms with Crippen LogP contribution in [0.4, 0.5) is 15.9 Å². The lowest BCUT2D eigenvalue weighted by molar-refractivity contribution is -0.133. The quantitative estimate of drug-likeness (QED) is 0.689. The van der Waals surface area contributed by atoms with E-state index in [4.69, 9.17) is 28.2 Å². The highest BCUT2D eigenvalue weighted by Gasteiger charge is 2.14. The fraction of sp³-hybridized carbons (Fsp3) is 0.118. The minimum absolute atomic E-state index is 0.0134. The van der Waals surface area contributed by atoms with Crippen molar-refractivity contribution in [1.82, 2.24) is 9.97 Å². The standard InChI is InChI=1S/C17H12Cl2FN3O3/c1-25-15-7-14-11(4-9(15)5-16(24)26-19)17(22-8-21-14)23-10-2-3-13(20)12(18)6-10/h2-4,6-8H,5H2,1H3,(H,21,22,23). The minimum Gasteiger partial charge on any atom is -0.496 e. The number of aromatic nitrogens is 2. The van der Waals surface area contributed by atoms with Crippen LogP contribution in [0.2, 0.25) is 5.02 Å². The Morgan fingerprint density at radius 1 is 1.27 bits per heavy atom. The van der Waals surface area contributed by atoms with E-state index in [0.29, 0.717) is 33.7 Å². The molecule has 1 N–H and O–H groups in total. The van der Waals surface area contributed by atoms with E-state index in [2.05, 4.69) is 19.6 Å². The highest BCUT2D eigenvalue weighted by Crippen LogP contribution is 2.31. The minimum atomic E-state index is -0.624. The molecule has 0 radical (unpaired) electrons. The van der Waals surface area contributed by atoms with Gasteiger partial charge in [0.2, 0.25) is 0 Å². The molecule has 0 aliphatic carbocycles. The summed E-state index contributed by atoms with van der Waals surface area (Å²) in [6.45, 7) is 0. The first-order chi connectivity index (χ1) is 12.5. The van der Waals surface area contributed by atoms with Crippen LogP contribution in [0.3, 0.4) is 0 Å². The molecule has 9 heteroatoms. The van der Waals surface area contributed by atoms with E-state index in [-0.39, 0.29) is 11.4 Å². The first-order valence-electron chi connectivity index (χ1n) is 7.37. The van der Waals surface area contributed by atoms with Gasteiger partial charge in [0.25, 0.3) is 0 Å². The van der Waals surface area contributed by atoms with Gasteiger partial charge in [-0.2, -0.15) is 0 Å². The van der Waals surface area contributed by atoms with Gasteiger partial charge >= 0.3 is 5.97 Å². The Balaban J connectivity index is 2.06. The fourth-order valence-electron chi connectivity index (χ4n) is 2.45. The van der Waals surface area contributed by atoms with Crippen LogP contribution in [0.25, 0.3) is 10.9 Å². The largest absolute Gasteiger partial charge is 0.496 e. The number of rotatable bonds is 5. The molecule has 0 saturated carbocycles. The number of ether oxygens (including phenoxy) is 1. The summed E-state index contributed by atoms with van der Waals surface area (Å²) >= 11 is 10.9. The van der Waals surface area contributed by atoms with Gasteiger partial charge in [0, 0.05) is 22.7 Å². The Bertz CT molecular complexity index is 985. The number of hydrogen-bond donors (Lipinski definition) is 1. The normalized spacial score (nSPS) is 10.6. The SMILES string of the molecule is COc1cc2ncnc(Nc3ccc(F)c(Cl)c3)c2cc1CC(=O)OCl. The van der Waals surface area contributed by atoms with Crippen molar-refractivity contribution in [3.05, 3.63) is 53.1 Å². The Morgan fingerprint density at radius 3 is 2.77 bits per heavy atom. The molecule has 3 rings (SSSR count). The summed E-state index contributed by atoms with van der Waals surface area (Å²) in [5.41, 5.74) is 1.70. The molecular formula is C17H12Cl2FN3O3. The number of carbonyl (C=O) groups is 1. The molecule has 0 aliphatic rings. The predicted octanol–water partition coefficient (Wildman–Crippen LogP) is 4.41. The third-order valence-corrected chi connectivity index (χ3v) is 4.10. The van der Waals surface area contributed by atoms with Crippen molar-refractivity contribution >= 4 is 51.8 Å². The second-order valence-electron chi connectivity index (χ2n) is 5.28. The molecule has 3 aromatic rings. The van der Waals surface area contributed by atoms with Crippen LogP contribution >= 0.6 is 23.5 Å². The zero-order valence-electron chi connectivity index (χ0n) is 13.4. The molecule has 0 unspecified atom stereocenters. The van der Waals surface area contributed by atoms with E-state index in [1.165, 1.54) is 31.6 Å². The third-order valence-electron chi connectivity index (χ3n) is 3.64. The summed E-state index contributed by atoms with van der Waals surface area (Å²) < 4.78 is 22.8. The van der Waals surface area contributed by atoms with E-state index >= 15 is 0 Å². The molecule has 0 saturated heterocycles. The molecule has 1 heterocycles. The first-order valence-corrected chi connectivity index (χ1v) is 8.05. The van der Waals surface area contributed by atoms with Crippen molar-refractivity contribution < 1.29 is 18.2 Å². The zero-order chi connectivity index (χ0) is 18.7. The molecule has 0 fully saturated rings. The molecule has 26 heavy (non-hydrogen) atoms. The van der Waals surface area contributed by atoms with Gasteiger partial charge in [0.1, 0.15) is 35.6 Å². The number of carbonyl (C=O) groups excluding carboxylic acids is 1. The van der Waals surface area contributed by atoms with Gasteiger partial charge in [-0.15, -0.1) is 0 Å². The van der Waals surface area contributed by atoms with Crippen LogP contribution in [0.5, 0.6) is 5.75 Å². The fourth-order valence-corrected chi connectivity index (χ4v) is 2.69. The van der Waals surface area contributed by atoms with Crippen LogP contribution < -0.4 is 10.1 Å². The van der Waals surface area contributed by atoms with Gasteiger partial charge < -0.3 is 14.3 Å². The molecule has 134 valence electrons. The maximum absolute atomic E-state index is 13.3. The Hall–Kier alpha value is -2.64. The molecule has 0 spiro atoms. The van der Waals surface area contributed by atoms with Gasteiger partial charge in [-0.25, -0.2) is 14.4 Å². The molecule has 0 bridgehead atoms. The molecule has 2 aromatic carbocycles. The van der Waals surface area contributed by atoms with Crippen molar-refractivity contribution in [2.45, 2.75) is 6.42 Å². The van der Waals surface area contributed by atoms with Crippen molar-refractivity contribution in [3.8, 4) is 5.75 Å². The zero-order valence-corrected chi connectivity index (χ0v) is 14.9. The second kappa shape index (κ2) is 7.72. The summed E-state index contributed by atoms with van der Waals surface area (Å²) in [4.78, 5) is 19.9. The van der Waals surface area contributed by atoms with Gasteiger partial charge in [-0.3, -0.25) is 4.79 Å². The third kappa shape index (κ3) is 3.79. The number of benzene rings is 2. The highest BCUT2D eigenvalue weighted by molar-refractivity contribution is 6.31. The summed E-state index contributed by atoms with van der Waals surface area (Å²) in [5.74, 6) is -0.216. The Morgan fingerprint density at radius 2 is 2.08 bits per heavy atom. The topological polar surface area (TPSA) is 73.3 Å². The molecule has 0 amide bonds. The number of anilines is 2. The van der Waals surface area contributed by atoms with Crippen molar-refractivity contribution in [2.24, 2.45) is 0 Å². The number of halogens is 3. The van der Waals surface area contributed by atoms with E-state index in [9.17, 15) is 9.18 Å². The maximum Gasteiger partial charge on any atom is 0.329 e. The van der Waals surface area contributed by atoms with E-state index in [1.807, 2.05) is 0 Å². The van der Waals surface area contributed by atoms with Crippen LogP contribution in [0.15, 0.2) is 36.7 Å². The maximum atomic E-state index is 13.3. The highest BCUT2D eigenvalue weighted by atomic mass is 35.5. The first kappa shape index (κ1) is 18.2. The lowest BCUT2D eigenvalue weighted by atomic mass is 10.1. The molecule has 0 aliphatic heterocycles. The van der Waals surface area contributed by atoms with Crippen LogP contribution in [0, 0.1) is 5.82 Å². The molecule has 1 aromatic heterocycles. The van der Waals surface area contributed by atoms with Crippen LogP contribution in [-0.4, -0.2) is 23.0 Å². The van der Waals surface area contributed by atoms with E-state index < -0.39 is 11.8 Å². The lowest BCUT2D eigenvalue weighted by Crippen LogP contribution is -2.05. The average Bonchev–Trinajstić information content (AvgIpc) is 2.64. The van der Waals surface area contributed by atoms with Crippen molar-refractivity contribution in [1.29, 1.82) is 0 Å². The number of fused-ring (bicyclic) bond motifs is 1. The smallest absolute Gasteiger partial charge is 0.329 e. The second-order valence-corrected chi connectivity index (χ2v) is 5.84. The molecular weight excluding hydrogens is 384 g/mol. The average molecular weight is 396 g/mol. The molecule has 6 nitrogen and oxygen atoms in total. The number of nitrogens with one attached hydrogen (secondary N) is 1. The lowest BCUT2D eigenvalue weighted by Gasteiger charge is -2.12. The van der Waals surface area contributed by atoms with E-state index in [0.717, 1.165) is 0 Å². The van der Waals surface area contributed by atoms with Gasteiger partial charge in [-0.05, 0) is 24.3 Å². The summed E-state index contributed by atoms with van der Waals surface area (Å²) in [7, 11) is 1.48. The molecule has 0 atom stereocenters. The number of nitrogens with zero attached hydrogens (tertiary/aromatic N) is 2. The van der Waals surface area contributed by atoms with Crippen molar-refractivity contribution in [3.63, 3.8) is 0 Å². The van der Waals surface area contributed by atoms with Gasteiger partial charge in [0.05, 0.1) is 24.1 Å². The van der Waals surface area contributed by atoms with E-state index in [1.54, 1.807) is 12.1 Å². The number of methoxy groups -OCH3 is 1.